The molecule has 4 nitrogen and oxygen atoms in total. The number of nitrogens with two attached hydrogens (primary N) is 1. The number of hydrogen-bond donors (Lipinski definition) is 1. The zero-order chi connectivity index (χ0) is 15.5. The largest absolute Gasteiger partial charge is 0.494 e. The van der Waals surface area contributed by atoms with E-state index in [0.29, 0.717) is 19.1 Å². The van der Waals surface area contributed by atoms with E-state index in [0.717, 1.165) is 30.6 Å². The van der Waals surface area contributed by atoms with E-state index in [1.54, 1.807) is 0 Å². The second-order valence-corrected chi connectivity index (χ2v) is 6.39. The molecule has 2 N–H and O–H groups in total. The third-order valence-corrected chi connectivity index (χ3v) is 4.91. The fourth-order valence-electron chi connectivity index (χ4n) is 3.91. The molecule has 2 unspecified atom stereocenters. The van der Waals surface area contributed by atoms with Gasteiger partial charge in [-0.15, -0.1) is 0 Å². The number of carbonyl (C=O) groups excluding carboxylic acids is 1. The van der Waals surface area contributed by atoms with Crippen LogP contribution in [0.25, 0.3) is 0 Å². The van der Waals surface area contributed by atoms with Crippen LogP contribution in [0.5, 0.6) is 5.75 Å². The van der Waals surface area contributed by atoms with Crippen LogP contribution in [-0.2, 0) is 4.79 Å². The molecule has 3 rings (SSSR count). The first-order valence-corrected chi connectivity index (χ1v) is 8.50. The van der Waals surface area contributed by atoms with Crippen molar-refractivity contribution >= 4 is 5.91 Å². The molecule has 0 radical (unpaired) electrons. The average molecular weight is 302 g/mol. The van der Waals surface area contributed by atoms with E-state index in [9.17, 15) is 4.79 Å². The molecule has 2 atom stereocenters. The zero-order valence-electron chi connectivity index (χ0n) is 13.3. The van der Waals surface area contributed by atoms with Crippen molar-refractivity contribution in [1.82, 2.24) is 4.90 Å². The van der Waals surface area contributed by atoms with Crippen molar-refractivity contribution in [2.24, 2.45) is 5.73 Å². The Labute approximate surface area is 132 Å². The molecule has 2 fully saturated rings. The molecule has 1 aromatic carbocycles. The highest BCUT2D eigenvalue weighted by Crippen LogP contribution is 2.38. The van der Waals surface area contributed by atoms with E-state index in [1.165, 1.54) is 12.8 Å². The Morgan fingerprint density at radius 1 is 1.27 bits per heavy atom. The molecule has 22 heavy (non-hydrogen) atoms. The summed E-state index contributed by atoms with van der Waals surface area (Å²) in [6.07, 6.45) is 6.01. The van der Waals surface area contributed by atoms with Gasteiger partial charge in [0, 0.05) is 18.5 Å². The van der Waals surface area contributed by atoms with Crippen LogP contribution < -0.4 is 10.5 Å². The van der Waals surface area contributed by atoms with Gasteiger partial charge in [0.2, 0.25) is 5.91 Å². The third kappa shape index (κ3) is 2.98. The summed E-state index contributed by atoms with van der Waals surface area (Å²) in [5, 5.41) is 0. The summed E-state index contributed by atoms with van der Waals surface area (Å²) in [4.78, 5) is 14.6. The molecular weight excluding hydrogens is 276 g/mol. The number of ether oxygens (including phenoxy) is 1. The van der Waals surface area contributed by atoms with Crippen LogP contribution in [0.1, 0.15) is 57.1 Å². The summed E-state index contributed by atoms with van der Waals surface area (Å²) in [6, 6.07) is 8.45. The highest BCUT2D eigenvalue weighted by Gasteiger charge is 2.39. The van der Waals surface area contributed by atoms with Gasteiger partial charge in [0.25, 0.3) is 0 Å². The number of amides is 1. The Morgan fingerprint density at radius 3 is 2.77 bits per heavy atom. The Balaban J connectivity index is 1.92. The van der Waals surface area contributed by atoms with Gasteiger partial charge in [0.1, 0.15) is 5.75 Å². The highest BCUT2D eigenvalue weighted by molar-refractivity contribution is 5.78. The van der Waals surface area contributed by atoms with Crippen LogP contribution in [0.4, 0.5) is 0 Å². The molecule has 0 spiro atoms. The van der Waals surface area contributed by atoms with E-state index in [-0.39, 0.29) is 18.0 Å². The first-order valence-electron chi connectivity index (χ1n) is 8.50. The quantitative estimate of drug-likeness (QED) is 0.930. The zero-order valence-corrected chi connectivity index (χ0v) is 13.3. The fraction of sp³-hybridized carbons (Fsp3) is 0.611. The molecule has 1 saturated carbocycles. The van der Waals surface area contributed by atoms with E-state index in [1.807, 2.05) is 19.1 Å². The van der Waals surface area contributed by atoms with Crippen molar-refractivity contribution < 1.29 is 9.53 Å². The van der Waals surface area contributed by atoms with Crippen molar-refractivity contribution in [2.45, 2.75) is 63.6 Å². The van der Waals surface area contributed by atoms with E-state index >= 15 is 0 Å². The van der Waals surface area contributed by atoms with Crippen molar-refractivity contribution in [1.29, 1.82) is 0 Å². The second kappa shape index (κ2) is 6.69. The lowest BCUT2D eigenvalue weighted by Crippen LogP contribution is -2.52. The number of likely N-dealkylation sites (tertiary alicyclic amines) is 1. The Bertz CT molecular complexity index is 526. The molecule has 120 valence electrons. The van der Waals surface area contributed by atoms with E-state index in [2.05, 4.69) is 17.0 Å². The van der Waals surface area contributed by atoms with Crippen molar-refractivity contribution in [2.75, 3.05) is 6.61 Å². The molecule has 1 aromatic rings. The minimum absolute atomic E-state index is 0.00942. The molecule has 0 bridgehead atoms. The Morgan fingerprint density at radius 2 is 2.05 bits per heavy atom. The molecule has 1 saturated heterocycles. The van der Waals surface area contributed by atoms with Gasteiger partial charge >= 0.3 is 0 Å². The normalized spacial score (nSPS) is 26.5. The van der Waals surface area contributed by atoms with Gasteiger partial charge in [0.15, 0.2) is 0 Å². The first kappa shape index (κ1) is 15.3. The van der Waals surface area contributed by atoms with Crippen LogP contribution in [-0.4, -0.2) is 29.5 Å². The minimum atomic E-state index is -0.00949. The molecule has 1 aliphatic heterocycles. The lowest BCUT2D eigenvalue weighted by Gasteiger charge is -2.43. The number of piperidine rings is 1. The summed E-state index contributed by atoms with van der Waals surface area (Å²) in [7, 11) is 0. The Hall–Kier alpha value is -1.55. The van der Waals surface area contributed by atoms with Gasteiger partial charge in [-0.1, -0.05) is 25.0 Å². The standard InChI is InChI=1S/C18H26N2O2/c1-2-22-15-9-5-6-13(12-15)18-16(19)10-11-17(21)20(18)14-7-3-4-8-14/h5-6,9,12,14,16,18H,2-4,7-8,10-11,19H2,1H3. The maximum atomic E-state index is 12.6. The summed E-state index contributed by atoms with van der Waals surface area (Å²) >= 11 is 0. The van der Waals surface area contributed by atoms with Gasteiger partial charge in [-0.2, -0.15) is 0 Å². The van der Waals surface area contributed by atoms with Crippen LogP contribution >= 0.6 is 0 Å². The molecule has 1 aliphatic carbocycles. The summed E-state index contributed by atoms with van der Waals surface area (Å²) in [5.41, 5.74) is 7.53. The topological polar surface area (TPSA) is 55.6 Å². The lowest BCUT2D eigenvalue weighted by atomic mass is 9.88. The number of carbonyl (C=O) groups is 1. The number of benzene rings is 1. The number of nitrogens with zero attached hydrogens (tertiary/aromatic N) is 1. The minimum Gasteiger partial charge on any atom is -0.494 e. The SMILES string of the molecule is CCOc1cccc(C2C(N)CCC(=O)N2C2CCCC2)c1. The summed E-state index contributed by atoms with van der Waals surface area (Å²) in [6.45, 7) is 2.62. The maximum Gasteiger partial charge on any atom is 0.223 e. The lowest BCUT2D eigenvalue weighted by molar-refractivity contribution is -0.140. The van der Waals surface area contributed by atoms with Crippen LogP contribution in [0, 0.1) is 0 Å². The molecule has 2 aliphatic rings. The van der Waals surface area contributed by atoms with E-state index < -0.39 is 0 Å². The van der Waals surface area contributed by atoms with Crippen molar-refractivity contribution in [3.8, 4) is 5.75 Å². The van der Waals surface area contributed by atoms with Crippen LogP contribution in [0.3, 0.4) is 0 Å². The first-order chi connectivity index (χ1) is 10.7. The fourth-order valence-corrected chi connectivity index (χ4v) is 3.91. The molecule has 1 heterocycles. The van der Waals surface area contributed by atoms with Gasteiger partial charge < -0.3 is 15.4 Å². The van der Waals surface area contributed by atoms with Crippen LogP contribution in [0.15, 0.2) is 24.3 Å². The molecule has 1 amide bonds. The predicted octanol–water partition coefficient (Wildman–Crippen LogP) is 3.02. The average Bonchev–Trinajstić information content (AvgIpc) is 3.04. The monoisotopic (exact) mass is 302 g/mol. The van der Waals surface area contributed by atoms with Crippen LogP contribution in [0.2, 0.25) is 0 Å². The van der Waals surface area contributed by atoms with Gasteiger partial charge in [-0.25, -0.2) is 0 Å². The molecular formula is C18H26N2O2. The highest BCUT2D eigenvalue weighted by atomic mass is 16.5. The molecule has 4 heteroatoms. The van der Waals surface area contributed by atoms with Gasteiger partial charge in [-0.05, 0) is 43.9 Å². The maximum absolute atomic E-state index is 12.6. The number of rotatable bonds is 4. The van der Waals surface area contributed by atoms with Crippen molar-refractivity contribution in [3.05, 3.63) is 29.8 Å². The van der Waals surface area contributed by atoms with Gasteiger partial charge in [0.05, 0.1) is 12.6 Å². The predicted molar refractivity (Wildman–Crippen MR) is 86.7 cm³/mol. The summed E-state index contributed by atoms with van der Waals surface area (Å²) in [5.74, 6) is 1.12. The smallest absolute Gasteiger partial charge is 0.223 e. The summed E-state index contributed by atoms with van der Waals surface area (Å²) < 4.78 is 5.62. The third-order valence-electron chi connectivity index (χ3n) is 4.91. The van der Waals surface area contributed by atoms with E-state index in [4.69, 9.17) is 10.5 Å². The van der Waals surface area contributed by atoms with Gasteiger partial charge in [-0.3, -0.25) is 4.79 Å². The number of hydrogen-bond acceptors (Lipinski definition) is 3. The second-order valence-electron chi connectivity index (χ2n) is 6.39. The molecule has 0 aromatic heterocycles. The van der Waals surface area contributed by atoms with Crippen molar-refractivity contribution in [3.63, 3.8) is 0 Å². The Kier molecular flexibility index (Phi) is 4.67.